The summed E-state index contributed by atoms with van der Waals surface area (Å²) in [5.74, 6) is -1.30. The highest BCUT2D eigenvalue weighted by Crippen LogP contribution is 2.22. The van der Waals surface area contributed by atoms with E-state index in [2.05, 4.69) is 15.9 Å². The lowest BCUT2D eigenvalue weighted by Gasteiger charge is -2.00. The summed E-state index contributed by atoms with van der Waals surface area (Å²) >= 11 is 3.08. The highest BCUT2D eigenvalue weighted by molar-refractivity contribution is 9.10. The summed E-state index contributed by atoms with van der Waals surface area (Å²) in [6, 6.07) is 6.20. The minimum Gasteiger partial charge on any atom is -0.478 e. The molecule has 0 amide bonds. The average molecular weight is 291 g/mol. The van der Waals surface area contributed by atoms with Crippen LogP contribution in [0.3, 0.4) is 0 Å². The van der Waals surface area contributed by atoms with Crippen molar-refractivity contribution in [2.75, 3.05) is 0 Å². The summed E-state index contributed by atoms with van der Waals surface area (Å²) in [5, 5.41) is 8.99. The Morgan fingerprint density at radius 2 is 1.93 bits per heavy atom. The molecule has 1 N–H and O–H groups in total. The van der Waals surface area contributed by atoms with Crippen molar-refractivity contribution in [3.63, 3.8) is 0 Å². The Morgan fingerprint density at radius 1 is 1.33 bits per heavy atom. The zero-order valence-electron chi connectivity index (χ0n) is 7.42. The van der Waals surface area contributed by atoms with Gasteiger partial charge < -0.3 is 5.11 Å². The number of rotatable bonds is 3. The van der Waals surface area contributed by atoms with Gasteiger partial charge in [0.2, 0.25) is 9.84 Å². The first-order chi connectivity index (χ1) is 6.93. The number of carbonyl (C=O) groups is 1. The number of hydrogen-bond donors (Lipinski definition) is 1. The molecule has 0 saturated carbocycles. The molecule has 1 aromatic carbocycles. The monoisotopic (exact) mass is 290 g/mol. The Labute approximate surface area is 95.3 Å². The van der Waals surface area contributed by atoms with Crippen LogP contribution in [0.2, 0.25) is 0 Å². The Bertz CT molecular complexity index is 505. The summed E-state index contributed by atoms with van der Waals surface area (Å²) in [6.07, 6.45) is 0.592. The number of hydrogen-bond acceptors (Lipinski definition) is 3. The van der Waals surface area contributed by atoms with Crippen molar-refractivity contribution >= 4 is 31.7 Å². The standard InChI is InChI=1S/C9H7BrO4S/c10-7-3-1-2-4-8(7)15(13,14)6-5-9(11)12/h1-6H,(H,11,12)/b6-5+. The Hall–Kier alpha value is -1.14. The number of halogens is 1. The Balaban J connectivity index is 3.19. The molecule has 0 aliphatic heterocycles. The molecule has 1 rings (SSSR count). The Morgan fingerprint density at radius 3 is 2.47 bits per heavy atom. The first-order valence-corrected chi connectivity index (χ1v) is 6.18. The minimum atomic E-state index is -3.69. The highest BCUT2D eigenvalue weighted by atomic mass is 79.9. The molecule has 0 spiro atoms. The normalized spacial score (nSPS) is 11.8. The first kappa shape index (κ1) is 11.9. The van der Waals surface area contributed by atoms with Crippen LogP contribution >= 0.6 is 15.9 Å². The van der Waals surface area contributed by atoms with Crippen LogP contribution < -0.4 is 0 Å². The van der Waals surface area contributed by atoms with E-state index in [1.807, 2.05) is 0 Å². The number of carboxylic acid groups (broad SMARTS) is 1. The lowest BCUT2D eigenvalue weighted by atomic mass is 10.4. The van der Waals surface area contributed by atoms with Crippen molar-refractivity contribution in [3.8, 4) is 0 Å². The maximum absolute atomic E-state index is 11.6. The Kier molecular flexibility index (Phi) is 3.65. The summed E-state index contributed by atoms with van der Waals surface area (Å²) in [4.78, 5) is 10.2. The molecule has 4 nitrogen and oxygen atoms in total. The van der Waals surface area contributed by atoms with E-state index in [0.717, 1.165) is 0 Å². The van der Waals surface area contributed by atoms with E-state index in [-0.39, 0.29) is 4.90 Å². The number of carboxylic acids is 1. The van der Waals surface area contributed by atoms with Crippen molar-refractivity contribution in [2.24, 2.45) is 0 Å². The molecular weight excluding hydrogens is 284 g/mol. The zero-order valence-corrected chi connectivity index (χ0v) is 9.82. The van der Waals surface area contributed by atoms with Crippen molar-refractivity contribution in [1.82, 2.24) is 0 Å². The lowest BCUT2D eigenvalue weighted by molar-refractivity contribution is -0.131. The second kappa shape index (κ2) is 4.59. The fourth-order valence-electron chi connectivity index (χ4n) is 0.897. The van der Waals surface area contributed by atoms with E-state index in [1.54, 1.807) is 18.2 Å². The van der Waals surface area contributed by atoms with Crippen molar-refractivity contribution in [3.05, 3.63) is 40.2 Å². The summed E-state index contributed by atoms with van der Waals surface area (Å²) in [6.45, 7) is 0. The quantitative estimate of drug-likeness (QED) is 0.862. The fourth-order valence-corrected chi connectivity index (χ4v) is 2.91. The molecule has 0 unspecified atom stereocenters. The third-order valence-corrected chi connectivity index (χ3v) is 3.95. The minimum absolute atomic E-state index is 0.0440. The molecule has 0 saturated heterocycles. The van der Waals surface area contributed by atoms with Gasteiger partial charge in [0.05, 0.1) is 4.90 Å². The van der Waals surface area contributed by atoms with Gasteiger partial charge in [-0.1, -0.05) is 12.1 Å². The van der Waals surface area contributed by atoms with Gasteiger partial charge in [-0.15, -0.1) is 0 Å². The average Bonchev–Trinajstić information content (AvgIpc) is 2.15. The maximum atomic E-state index is 11.6. The maximum Gasteiger partial charge on any atom is 0.329 e. The molecule has 80 valence electrons. The van der Waals surface area contributed by atoms with Crippen LogP contribution in [0.15, 0.2) is 45.1 Å². The molecule has 0 heterocycles. The molecule has 0 aliphatic rings. The smallest absolute Gasteiger partial charge is 0.329 e. The van der Waals surface area contributed by atoms with Gasteiger partial charge in [0, 0.05) is 16.0 Å². The second-order valence-corrected chi connectivity index (χ2v) is 5.27. The van der Waals surface area contributed by atoms with E-state index in [4.69, 9.17) is 5.11 Å². The van der Waals surface area contributed by atoms with E-state index in [9.17, 15) is 13.2 Å². The van der Waals surface area contributed by atoms with E-state index in [0.29, 0.717) is 16.0 Å². The summed E-state index contributed by atoms with van der Waals surface area (Å²) in [7, 11) is -3.69. The topological polar surface area (TPSA) is 71.4 Å². The predicted molar refractivity (Wildman–Crippen MR) is 58.1 cm³/mol. The van der Waals surface area contributed by atoms with Crippen molar-refractivity contribution in [2.45, 2.75) is 4.90 Å². The summed E-state index contributed by atoms with van der Waals surface area (Å²) < 4.78 is 23.6. The van der Waals surface area contributed by atoms with E-state index >= 15 is 0 Å². The van der Waals surface area contributed by atoms with Crippen LogP contribution in [-0.4, -0.2) is 19.5 Å². The van der Waals surface area contributed by atoms with E-state index < -0.39 is 15.8 Å². The third kappa shape index (κ3) is 3.17. The largest absolute Gasteiger partial charge is 0.478 e. The molecular formula is C9H7BrO4S. The van der Waals surface area contributed by atoms with Crippen LogP contribution in [0, 0.1) is 0 Å². The lowest BCUT2D eigenvalue weighted by Crippen LogP contribution is -1.99. The molecule has 0 bridgehead atoms. The van der Waals surface area contributed by atoms with Crippen LogP contribution in [0.1, 0.15) is 0 Å². The van der Waals surface area contributed by atoms with E-state index in [1.165, 1.54) is 6.07 Å². The first-order valence-electron chi connectivity index (χ1n) is 3.84. The van der Waals surface area contributed by atoms with Gasteiger partial charge >= 0.3 is 5.97 Å². The second-order valence-electron chi connectivity index (χ2n) is 2.62. The predicted octanol–water partition coefficient (Wildman–Crippen LogP) is 1.82. The van der Waals surface area contributed by atoms with Crippen LogP contribution in [0.25, 0.3) is 0 Å². The van der Waals surface area contributed by atoms with Gasteiger partial charge in [0.25, 0.3) is 0 Å². The molecule has 1 aromatic rings. The molecule has 15 heavy (non-hydrogen) atoms. The number of benzene rings is 1. The van der Waals surface area contributed by atoms with Gasteiger partial charge in [-0.05, 0) is 28.1 Å². The fraction of sp³-hybridized carbons (Fsp3) is 0. The van der Waals surface area contributed by atoms with Gasteiger partial charge in [0.15, 0.2) is 0 Å². The molecule has 6 heteroatoms. The molecule has 0 fully saturated rings. The molecule has 0 atom stereocenters. The van der Waals surface area contributed by atoms with Gasteiger partial charge in [-0.3, -0.25) is 0 Å². The van der Waals surface area contributed by atoms with Crippen LogP contribution in [0.4, 0.5) is 0 Å². The molecule has 0 radical (unpaired) electrons. The van der Waals surface area contributed by atoms with Crippen LogP contribution in [0.5, 0.6) is 0 Å². The number of aliphatic carboxylic acids is 1. The number of sulfone groups is 1. The highest BCUT2D eigenvalue weighted by Gasteiger charge is 2.13. The van der Waals surface area contributed by atoms with Crippen LogP contribution in [-0.2, 0) is 14.6 Å². The van der Waals surface area contributed by atoms with Gasteiger partial charge in [0.1, 0.15) is 0 Å². The third-order valence-electron chi connectivity index (χ3n) is 1.53. The molecule has 0 aromatic heterocycles. The molecule has 0 aliphatic carbocycles. The zero-order chi connectivity index (χ0) is 11.5. The van der Waals surface area contributed by atoms with Gasteiger partial charge in [-0.25, -0.2) is 13.2 Å². The SMILES string of the molecule is O=C(O)/C=C/S(=O)(=O)c1ccccc1Br. The van der Waals surface area contributed by atoms with Gasteiger partial charge in [-0.2, -0.15) is 0 Å². The van der Waals surface area contributed by atoms with Crippen molar-refractivity contribution < 1.29 is 18.3 Å². The summed E-state index contributed by atoms with van der Waals surface area (Å²) in [5.41, 5.74) is 0. The van der Waals surface area contributed by atoms with Crippen molar-refractivity contribution in [1.29, 1.82) is 0 Å².